The summed E-state index contributed by atoms with van der Waals surface area (Å²) in [6.07, 6.45) is 0. The number of aryl methyl sites for hydroxylation is 1. The Morgan fingerprint density at radius 3 is 2.39 bits per heavy atom. The van der Waals surface area contributed by atoms with Crippen molar-refractivity contribution < 1.29 is 79.6 Å². The Labute approximate surface area is 231 Å². The van der Waals surface area contributed by atoms with Crippen molar-refractivity contribution in [2.75, 3.05) is 7.11 Å². The Balaban J connectivity index is 0.00000385. The van der Waals surface area contributed by atoms with E-state index in [0.717, 1.165) is 0 Å². The molecule has 33 heavy (non-hydrogen) atoms. The second kappa shape index (κ2) is 11.1. The van der Waals surface area contributed by atoms with Gasteiger partial charge in [-0.3, -0.25) is 9.59 Å². The number of methoxy groups -OCH3 is 1. The number of amides is 2. The first kappa shape index (κ1) is 26.8. The number of hydrogen-bond acceptors (Lipinski definition) is 9. The molecular formula is C20H20FKN6O5. The number of carbonyl (C=O) groups excluding carboxylic acids is 2. The van der Waals surface area contributed by atoms with E-state index in [-0.39, 0.29) is 81.4 Å². The van der Waals surface area contributed by atoms with Gasteiger partial charge in [0, 0.05) is 13.5 Å². The predicted octanol–water partition coefficient (Wildman–Crippen LogP) is -2.01. The Kier molecular flexibility index (Phi) is 9.02. The molecule has 0 aliphatic rings. The molecule has 0 radical (unpaired) electrons. The summed E-state index contributed by atoms with van der Waals surface area (Å²) < 4.78 is 23.1. The maximum absolute atomic E-state index is 13.0. The smallest absolute Gasteiger partial charge is 0.867 e. The molecule has 3 rings (SSSR count). The summed E-state index contributed by atoms with van der Waals surface area (Å²) in [5.74, 6) is -3.16. The van der Waals surface area contributed by atoms with Gasteiger partial charge in [0.25, 0.3) is 5.91 Å². The van der Waals surface area contributed by atoms with Crippen LogP contribution < -0.4 is 71.9 Å². The average molecular weight is 483 g/mol. The summed E-state index contributed by atoms with van der Waals surface area (Å²) in [5, 5.41) is 24.9. The zero-order valence-electron chi connectivity index (χ0n) is 18.7. The third-order valence-corrected chi connectivity index (χ3v) is 4.31. The monoisotopic (exact) mass is 482 g/mol. The van der Waals surface area contributed by atoms with E-state index in [4.69, 9.17) is 9.15 Å². The molecule has 0 saturated heterocycles. The van der Waals surface area contributed by atoms with E-state index in [1.807, 2.05) is 0 Å². The minimum absolute atomic E-state index is 0. The normalized spacial score (nSPS) is 10.8. The number of aromatic nitrogens is 4. The molecule has 0 aliphatic carbocycles. The first-order valence-corrected chi connectivity index (χ1v) is 9.39. The zero-order valence-corrected chi connectivity index (χ0v) is 21.8. The van der Waals surface area contributed by atoms with Crippen molar-refractivity contribution in [2.24, 2.45) is 0 Å². The van der Waals surface area contributed by atoms with Gasteiger partial charge in [-0.05, 0) is 37.3 Å². The van der Waals surface area contributed by atoms with Crippen LogP contribution in [-0.2, 0) is 12.1 Å². The summed E-state index contributed by atoms with van der Waals surface area (Å²) in [5.41, 5.74) is -1.09. The molecule has 0 atom stereocenters. The van der Waals surface area contributed by atoms with Crippen LogP contribution in [0.1, 0.15) is 52.3 Å². The van der Waals surface area contributed by atoms with Gasteiger partial charge < -0.3 is 24.9 Å². The number of halogens is 1. The van der Waals surface area contributed by atoms with Crippen LogP contribution in [0, 0.1) is 12.7 Å². The third kappa shape index (κ3) is 6.54. The summed E-state index contributed by atoms with van der Waals surface area (Å²) >= 11 is 0. The van der Waals surface area contributed by atoms with Crippen LogP contribution in [0.3, 0.4) is 0 Å². The van der Waals surface area contributed by atoms with Crippen molar-refractivity contribution in [3.63, 3.8) is 0 Å². The van der Waals surface area contributed by atoms with Gasteiger partial charge in [-0.1, -0.05) is 12.1 Å². The minimum atomic E-state index is -1.24. The number of rotatable bonds is 7. The van der Waals surface area contributed by atoms with Crippen LogP contribution in [0.5, 0.6) is 11.6 Å². The van der Waals surface area contributed by atoms with Crippen LogP contribution in [-0.4, -0.2) is 39.1 Å². The molecule has 168 valence electrons. The SMILES string of the molecule is COc1nc(C(C)(C)NC(=O)c2nnc(C)o2)nc(C(=O)NCc2ccc(F)cc2)c1[O-].[K+]. The molecule has 0 spiro atoms. The summed E-state index contributed by atoms with van der Waals surface area (Å²) in [4.78, 5) is 33.2. The maximum Gasteiger partial charge on any atom is 1.00 e. The van der Waals surface area contributed by atoms with Crippen molar-refractivity contribution in [3.8, 4) is 11.6 Å². The molecule has 2 N–H and O–H groups in total. The van der Waals surface area contributed by atoms with Gasteiger partial charge in [0.05, 0.1) is 12.6 Å². The fourth-order valence-corrected chi connectivity index (χ4v) is 2.65. The molecule has 1 aromatic carbocycles. The maximum atomic E-state index is 13.0. The average Bonchev–Trinajstić information content (AvgIpc) is 3.19. The molecule has 3 aromatic rings. The van der Waals surface area contributed by atoms with Crippen LogP contribution in [0.25, 0.3) is 0 Å². The van der Waals surface area contributed by atoms with Crippen molar-refractivity contribution in [1.29, 1.82) is 0 Å². The first-order chi connectivity index (χ1) is 15.1. The fraction of sp³-hybridized carbons (Fsp3) is 0.300. The van der Waals surface area contributed by atoms with Gasteiger partial charge in [-0.2, -0.15) is 4.98 Å². The third-order valence-electron chi connectivity index (χ3n) is 4.31. The largest absolute Gasteiger partial charge is 1.00 e. The Morgan fingerprint density at radius 1 is 1.15 bits per heavy atom. The number of carbonyl (C=O) groups is 2. The van der Waals surface area contributed by atoms with Crippen LogP contribution >= 0.6 is 0 Å². The fourth-order valence-electron chi connectivity index (χ4n) is 2.65. The number of ether oxygens (including phenoxy) is 1. The van der Waals surface area contributed by atoms with E-state index in [2.05, 4.69) is 30.8 Å². The molecule has 0 aliphatic heterocycles. The summed E-state index contributed by atoms with van der Waals surface area (Å²) in [7, 11) is 1.22. The molecular weight excluding hydrogens is 462 g/mol. The number of hydrogen-bond donors (Lipinski definition) is 2. The molecule has 11 nitrogen and oxygen atoms in total. The van der Waals surface area contributed by atoms with E-state index in [9.17, 15) is 19.1 Å². The second-order valence-corrected chi connectivity index (χ2v) is 7.25. The van der Waals surface area contributed by atoms with Gasteiger partial charge in [0.1, 0.15) is 11.5 Å². The molecule has 2 amide bonds. The Hall–Kier alpha value is -2.45. The molecule has 0 unspecified atom stereocenters. The van der Waals surface area contributed by atoms with E-state index < -0.39 is 34.6 Å². The Bertz CT molecular complexity index is 1150. The van der Waals surface area contributed by atoms with Gasteiger partial charge in [-0.25, -0.2) is 9.37 Å². The van der Waals surface area contributed by atoms with Crippen LogP contribution in [0.15, 0.2) is 28.7 Å². The van der Waals surface area contributed by atoms with Gasteiger partial charge >= 0.3 is 63.2 Å². The van der Waals surface area contributed by atoms with E-state index in [1.165, 1.54) is 38.3 Å². The van der Waals surface area contributed by atoms with Gasteiger partial charge in [0.15, 0.2) is 5.82 Å². The number of nitrogens with one attached hydrogen (secondary N) is 2. The van der Waals surface area contributed by atoms with Crippen molar-refractivity contribution >= 4 is 11.8 Å². The standard InChI is InChI=1S/C20H21FN6O5.K/c1-10-26-27-18(32-10)16(30)25-20(2,3)19-23-13(14(28)17(24-19)31-4)15(29)22-9-11-5-7-12(21)8-6-11;/h5-8,28H,9H2,1-4H3,(H,22,29)(H,25,30);/q;+1/p-1. The predicted molar refractivity (Wildman–Crippen MR) is 105 cm³/mol. The number of benzene rings is 1. The summed E-state index contributed by atoms with van der Waals surface area (Å²) in [6.45, 7) is 4.70. The van der Waals surface area contributed by atoms with Crippen LogP contribution in [0.4, 0.5) is 4.39 Å². The van der Waals surface area contributed by atoms with E-state index in [1.54, 1.807) is 13.8 Å². The molecule has 2 heterocycles. The second-order valence-electron chi connectivity index (χ2n) is 7.25. The van der Waals surface area contributed by atoms with E-state index in [0.29, 0.717) is 5.56 Å². The Morgan fingerprint density at radius 2 is 1.82 bits per heavy atom. The van der Waals surface area contributed by atoms with Crippen LogP contribution in [0.2, 0.25) is 0 Å². The van der Waals surface area contributed by atoms with Crippen molar-refractivity contribution in [3.05, 3.63) is 58.9 Å². The molecule has 0 fully saturated rings. The molecule has 0 saturated carbocycles. The molecule has 13 heteroatoms. The van der Waals surface area contributed by atoms with E-state index >= 15 is 0 Å². The van der Waals surface area contributed by atoms with Crippen molar-refractivity contribution in [1.82, 2.24) is 30.8 Å². The molecule has 0 bridgehead atoms. The number of nitrogens with zero attached hydrogens (tertiary/aromatic N) is 4. The minimum Gasteiger partial charge on any atom is -0.867 e. The van der Waals surface area contributed by atoms with Crippen molar-refractivity contribution in [2.45, 2.75) is 32.9 Å². The summed E-state index contributed by atoms with van der Waals surface area (Å²) in [6, 6.07) is 5.50. The quantitative estimate of drug-likeness (QED) is 0.363. The first-order valence-electron chi connectivity index (χ1n) is 9.39. The van der Waals surface area contributed by atoms with Gasteiger partial charge in [0.2, 0.25) is 11.8 Å². The van der Waals surface area contributed by atoms with Gasteiger partial charge in [-0.15, -0.1) is 10.2 Å². The zero-order chi connectivity index (χ0) is 23.5. The topological polar surface area (TPSA) is 155 Å². The molecule has 2 aromatic heterocycles.